The van der Waals surface area contributed by atoms with Gasteiger partial charge in [0.2, 0.25) is 0 Å². The molecule has 4 aromatic heterocycles. The lowest BCUT2D eigenvalue weighted by atomic mass is 10.1. The molecule has 0 aliphatic rings. The van der Waals surface area contributed by atoms with Gasteiger partial charge in [-0.25, -0.2) is 15.0 Å². The van der Waals surface area contributed by atoms with E-state index in [1.807, 2.05) is 104 Å². The topological polar surface area (TPSA) is 93.1 Å². The first-order chi connectivity index (χ1) is 20.7. The highest BCUT2D eigenvalue weighted by Crippen LogP contribution is 2.09. The van der Waals surface area contributed by atoms with E-state index in [2.05, 4.69) is 90.5 Å². The van der Waals surface area contributed by atoms with E-state index in [4.69, 9.17) is 0 Å². The average molecular weight is 596 g/mol. The number of hydrogen-bond acceptors (Lipinski definition) is 6. The molecule has 43 heavy (non-hydrogen) atoms. The Labute approximate surface area is 265 Å². The Kier molecular flexibility index (Phi) is 37.5. The molecule has 0 unspecified atom stereocenters. The van der Waals surface area contributed by atoms with Crippen molar-refractivity contribution in [1.82, 2.24) is 35.1 Å². The third-order valence-corrected chi connectivity index (χ3v) is 4.73. The molecule has 0 fully saturated rings. The van der Waals surface area contributed by atoms with Gasteiger partial charge in [-0.1, -0.05) is 117 Å². The normalized spacial score (nSPS) is 8.84. The van der Waals surface area contributed by atoms with E-state index < -0.39 is 0 Å². The van der Waals surface area contributed by atoms with Gasteiger partial charge in [0, 0.05) is 48.3 Å². The van der Waals surface area contributed by atoms with Crippen molar-refractivity contribution in [2.75, 3.05) is 0 Å². The van der Waals surface area contributed by atoms with Crippen molar-refractivity contribution in [2.45, 2.75) is 134 Å². The van der Waals surface area contributed by atoms with Gasteiger partial charge in [0.1, 0.15) is 12.2 Å². The molecule has 0 saturated heterocycles. The summed E-state index contributed by atoms with van der Waals surface area (Å²) in [7, 11) is 0. The maximum atomic E-state index is 4.18. The smallest absolute Gasteiger partial charge is 0.115 e. The number of nitrogens with zero attached hydrogens (tertiary/aromatic N) is 6. The summed E-state index contributed by atoms with van der Waals surface area (Å²) in [5.41, 5.74) is 3.32. The highest BCUT2D eigenvalue weighted by Gasteiger charge is 1.98. The average Bonchev–Trinajstić information content (AvgIpc) is 3.63. The highest BCUT2D eigenvalue weighted by atomic mass is 15.1. The summed E-state index contributed by atoms with van der Waals surface area (Å²) in [5, 5.41) is 7.68. The van der Waals surface area contributed by atoms with E-state index in [0.717, 1.165) is 22.9 Å². The molecule has 1 N–H and O–H groups in total. The molecule has 7 heteroatoms. The van der Waals surface area contributed by atoms with E-state index in [1.165, 1.54) is 0 Å². The summed E-state index contributed by atoms with van der Waals surface area (Å²) < 4.78 is 0. The number of H-pyrrole nitrogens is 1. The second kappa shape index (κ2) is 34.7. The Morgan fingerprint density at radius 3 is 1.28 bits per heavy atom. The molecule has 4 aromatic rings. The third-order valence-electron chi connectivity index (χ3n) is 4.73. The standard InChI is InChI=1S/C8H11N.2C7H10N2.C6H10N2.4C2H6/c1-7(2)8-5-3-4-6-9-8;1-6(2)7-3-4-8-5-9-7;1-6(2)7-4-3-5-8-9-7;1-5(2)6-7-3-4-8-6;4*1-2/h3-7H,1-2H3;2*3-6H,1-2H3;3-5H,1-2H3,(H,7,8);4*1-2H3. The molecule has 0 aromatic carbocycles. The van der Waals surface area contributed by atoms with Crippen molar-refractivity contribution in [1.29, 1.82) is 0 Å². The molecule has 0 saturated carbocycles. The lowest BCUT2D eigenvalue weighted by Crippen LogP contribution is -1.92. The second-order valence-corrected chi connectivity index (χ2v) is 9.13. The number of aromatic nitrogens is 7. The fraction of sp³-hybridized carbons (Fsp3) is 0.556. The van der Waals surface area contributed by atoms with Gasteiger partial charge in [-0.2, -0.15) is 10.2 Å². The maximum absolute atomic E-state index is 4.18. The van der Waals surface area contributed by atoms with Gasteiger partial charge < -0.3 is 4.98 Å². The van der Waals surface area contributed by atoms with Gasteiger partial charge >= 0.3 is 0 Å². The Morgan fingerprint density at radius 1 is 0.488 bits per heavy atom. The molecule has 0 spiro atoms. The molecule has 4 heterocycles. The molecular formula is C36H65N7. The van der Waals surface area contributed by atoms with Crippen molar-refractivity contribution in [3.05, 3.63) is 96.6 Å². The molecular weight excluding hydrogens is 530 g/mol. The second-order valence-electron chi connectivity index (χ2n) is 9.13. The maximum Gasteiger partial charge on any atom is 0.115 e. The number of nitrogens with one attached hydrogen (secondary N) is 1. The molecule has 0 bridgehead atoms. The Morgan fingerprint density at radius 2 is 1.02 bits per heavy atom. The largest absolute Gasteiger partial charge is 0.348 e. The van der Waals surface area contributed by atoms with E-state index >= 15 is 0 Å². The number of rotatable bonds is 4. The third kappa shape index (κ3) is 27.1. The first-order valence-electron chi connectivity index (χ1n) is 16.2. The van der Waals surface area contributed by atoms with Crippen LogP contribution in [0.2, 0.25) is 0 Å². The predicted octanol–water partition coefficient (Wildman–Crippen LogP) is 11.0. The number of aromatic amines is 1. The van der Waals surface area contributed by atoms with Crippen LogP contribution < -0.4 is 0 Å². The van der Waals surface area contributed by atoms with E-state index in [9.17, 15) is 0 Å². The van der Waals surface area contributed by atoms with Crippen LogP contribution in [0.4, 0.5) is 0 Å². The summed E-state index contributed by atoms with van der Waals surface area (Å²) in [6.45, 7) is 32.9. The Hall–Kier alpha value is -3.48. The zero-order valence-corrected chi connectivity index (χ0v) is 30.4. The molecule has 0 aliphatic heterocycles. The highest BCUT2D eigenvalue weighted by molar-refractivity contribution is 5.07. The van der Waals surface area contributed by atoms with Gasteiger partial charge in [0.15, 0.2) is 0 Å². The summed E-state index contributed by atoms with van der Waals surface area (Å²) >= 11 is 0. The van der Waals surface area contributed by atoms with Crippen molar-refractivity contribution >= 4 is 0 Å². The zero-order valence-electron chi connectivity index (χ0n) is 30.4. The minimum absolute atomic E-state index is 0.485. The fourth-order valence-electron chi connectivity index (χ4n) is 2.57. The molecule has 7 nitrogen and oxygen atoms in total. The van der Waals surface area contributed by atoms with E-state index in [-0.39, 0.29) is 0 Å². The Balaban J connectivity index is -0.000000218. The van der Waals surface area contributed by atoms with Crippen LogP contribution in [0.15, 0.2) is 73.7 Å². The van der Waals surface area contributed by atoms with Crippen molar-refractivity contribution in [3.63, 3.8) is 0 Å². The van der Waals surface area contributed by atoms with Crippen LogP contribution in [0.25, 0.3) is 0 Å². The first kappa shape index (κ1) is 46.5. The van der Waals surface area contributed by atoms with Gasteiger partial charge in [-0.15, -0.1) is 0 Å². The van der Waals surface area contributed by atoms with Crippen LogP contribution in [0, 0.1) is 0 Å². The lowest BCUT2D eigenvalue weighted by molar-refractivity contribution is 0.785. The van der Waals surface area contributed by atoms with E-state index in [0.29, 0.717) is 23.7 Å². The van der Waals surface area contributed by atoms with Crippen molar-refractivity contribution < 1.29 is 0 Å². The molecule has 244 valence electrons. The summed E-state index contributed by atoms with van der Waals surface area (Å²) in [6, 6.07) is 11.8. The van der Waals surface area contributed by atoms with Gasteiger partial charge in [-0.3, -0.25) is 4.98 Å². The number of pyridine rings is 1. The monoisotopic (exact) mass is 596 g/mol. The van der Waals surface area contributed by atoms with Crippen LogP contribution >= 0.6 is 0 Å². The quantitative estimate of drug-likeness (QED) is 0.252. The van der Waals surface area contributed by atoms with Crippen LogP contribution in [-0.4, -0.2) is 35.1 Å². The predicted molar refractivity (Wildman–Crippen MR) is 189 cm³/mol. The van der Waals surface area contributed by atoms with Crippen molar-refractivity contribution in [3.8, 4) is 0 Å². The molecule has 0 atom stereocenters. The minimum Gasteiger partial charge on any atom is -0.348 e. The van der Waals surface area contributed by atoms with Crippen LogP contribution in [0.3, 0.4) is 0 Å². The summed E-state index contributed by atoms with van der Waals surface area (Å²) in [4.78, 5) is 19.1. The first-order valence-corrected chi connectivity index (χ1v) is 16.2. The van der Waals surface area contributed by atoms with Crippen LogP contribution in [0.5, 0.6) is 0 Å². The van der Waals surface area contributed by atoms with Gasteiger partial charge in [0.05, 0.1) is 5.69 Å². The number of imidazole rings is 1. The van der Waals surface area contributed by atoms with Gasteiger partial charge in [0.25, 0.3) is 0 Å². The number of hydrogen-bond donors (Lipinski definition) is 1. The lowest BCUT2D eigenvalue weighted by Gasteiger charge is -2.00. The fourth-order valence-corrected chi connectivity index (χ4v) is 2.57. The van der Waals surface area contributed by atoms with Crippen LogP contribution in [-0.2, 0) is 0 Å². The molecule has 4 rings (SSSR count). The molecule has 0 radical (unpaired) electrons. The SMILES string of the molecule is CC.CC.CC.CC.CC(C)c1ccccn1.CC(C)c1cccnn1.CC(C)c1ccncn1.CC(C)c1ncc[nH]1. The zero-order chi connectivity index (χ0) is 34.1. The minimum atomic E-state index is 0.485. The molecule has 0 amide bonds. The van der Waals surface area contributed by atoms with Gasteiger partial charge in [-0.05, 0) is 48.1 Å². The molecule has 0 aliphatic carbocycles. The summed E-state index contributed by atoms with van der Waals surface area (Å²) in [5.74, 6) is 3.12. The Bertz CT molecular complexity index is 884. The van der Waals surface area contributed by atoms with E-state index in [1.54, 1.807) is 24.9 Å². The van der Waals surface area contributed by atoms with Crippen LogP contribution in [0.1, 0.15) is 157 Å². The van der Waals surface area contributed by atoms with Crippen molar-refractivity contribution in [2.24, 2.45) is 0 Å². The summed E-state index contributed by atoms with van der Waals surface area (Å²) in [6.07, 6.45) is 10.5.